The lowest BCUT2D eigenvalue weighted by Crippen LogP contribution is -2.27. The van der Waals surface area contributed by atoms with Crippen LogP contribution in [0.2, 0.25) is 0 Å². The molecule has 0 atom stereocenters. The zero-order valence-corrected chi connectivity index (χ0v) is 19.2. The molecule has 2 rings (SSSR count). The number of benzene rings is 1. The van der Waals surface area contributed by atoms with Crippen LogP contribution in [0, 0.1) is 13.8 Å². The van der Waals surface area contributed by atoms with Crippen LogP contribution in [0.1, 0.15) is 37.1 Å². The number of rotatable bonds is 13. The number of anilines is 1. The first-order valence-corrected chi connectivity index (χ1v) is 11.7. The molecule has 7 nitrogen and oxygen atoms in total. The van der Waals surface area contributed by atoms with E-state index in [-0.39, 0.29) is 10.7 Å². The van der Waals surface area contributed by atoms with Crippen molar-refractivity contribution >= 4 is 15.7 Å². The van der Waals surface area contributed by atoms with E-state index in [1.54, 1.807) is 38.1 Å². The molecule has 2 aromatic rings. The van der Waals surface area contributed by atoms with Crippen molar-refractivity contribution in [3.05, 3.63) is 48.4 Å². The lowest BCUT2D eigenvalue weighted by molar-refractivity contribution is 0.300. The largest absolute Gasteiger partial charge is 0.494 e. The second-order valence-corrected chi connectivity index (χ2v) is 9.34. The maximum Gasteiger partial charge on any atom is 0.269 e. The normalized spacial score (nSPS) is 11.6. The summed E-state index contributed by atoms with van der Waals surface area (Å²) in [7, 11) is -0.115. The van der Waals surface area contributed by atoms with Gasteiger partial charge in [0.25, 0.3) is 10.0 Å². The van der Waals surface area contributed by atoms with Gasteiger partial charge in [0, 0.05) is 13.6 Å². The lowest BCUT2D eigenvalue weighted by atomic mass is 10.2. The van der Waals surface area contributed by atoms with Crippen molar-refractivity contribution in [2.45, 2.75) is 44.4 Å². The molecule has 1 aromatic carbocycles. The summed E-state index contributed by atoms with van der Waals surface area (Å²) in [5.41, 5.74) is 0.901. The lowest BCUT2D eigenvalue weighted by Gasteiger charge is -2.19. The Morgan fingerprint density at radius 2 is 1.77 bits per heavy atom. The van der Waals surface area contributed by atoms with Gasteiger partial charge in [0.1, 0.15) is 11.4 Å². The van der Waals surface area contributed by atoms with Gasteiger partial charge >= 0.3 is 0 Å². The van der Waals surface area contributed by atoms with Gasteiger partial charge in [-0.3, -0.25) is 4.31 Å². The maximum atomic E-state index is 12.9. The van der Waals surface area contributed by atoms with Crippen molar-refractivity contribution in [3.63, 3.8) is 0 Å². The average molecular weight is 436 g/mol. The van der Waals surface area contributed by atoms with E-state index in [0.29, 0.717) is 18.0 Å². The molecule has 0 bridgehead atoms. The predicted molar refractivity (Wildman–Crippen MR) is 120 cm³/mol. The van der Waals surface area contributed by atoms with E-state index in [1.807, 2.05) is 6.08 Å². The van der Waals surface area contributed by atoms with Crippen molar-refractivity contribution in [3.8, 4) is 5.75 Å². The zero-order valence-electron chi connectivity index (χ0n) is 18.4. The fourth-order valence-corrected chi connectivity index (χ4v) is 4.69. The highest BCUT2D eigenvalue weighted by Gasteiger charge is 2.28. The molecule has 0 fully saturated rings. The summed E-state index contributed by atoms with van der Waals surface area (Å²) >= 11 is 0. The molecule has 0 aliphatic rings. The third-order valence-electron chi connectivity index (χ3n) is 4.93. The summed E-state index contributed by atoms with van der Waals surface area (Å²) in [6.45, 7) is 9.61. The Balaban J connectivity index is 1.80. The van der Waals surface area contributed by atoms with Gasteiger partial charge < -0.3 is 14.2 Å². The first-order valence-electron chi connectivity index (χ1n) is 10.2. The highest BCUT2D eigenvalue weighted by Crippen LogP contribution is 2.27. The minimum Gasteiger partial charge on any atom is -0.494 e. The van der Waals surface area contributed by atoms with Gasteiger partial charge in [-0.15, -0.1) is 6.58 Å². The molecule has 0 aliphatic heterocycles. The van der Waals surface area contributed by atoms with E-state index in [4.69, 9.17) is 9.26 Å². The number of aryl methyl sites for hydroxylation is 2. The first-order chi connectivity index (χ1) is 14.3. The number of ether oxygens (including phenoxy) is 1. The van der Waals surface area contributed by atoms with E-state index in [2.05, 4.69) is 23.7 Å². The fourth-order valence-electron chi connectivity index (χ4n) is 3.21. The average Bonchev–Trinajstić information content (AvgIpc) is 3.06. The van der Waals surface area contributed by atoms with Crippen molar-refractivity contribution in [2.75, 3.05) is 38.1 Å². The molecule has 0 saturated heterocycles. The Bertz CT molecular complexity index is 887. The third kappa shape index (κ3) is 6.34. The monoisotopic (exact) mass is 435 g/mol. The summed E-state index contributed by atoms with van der Waals surface area (Å²) in [6, 6.07) is 7.05. The number of sulfonamides is 1. The number of likely N-dealkylation sites (N-methyl/N-ethyl adjacent to an activating group) is 1. The number of aromatic nitrogens is 1. The van der Waals surface area contributed by atoms with Gasteiger partial charge in [-0.25, -0.2) is 8.42 Å². The van der Waals surface area contributed by atoms with Crippen LogP contribution in [0.15, 0.2) is 46.3 Å². The van der Waals surface area contributed by atoms with E-state index >= 15 is 0 Å². The second kappa shape index (κ2) is 11.2. The smallest absolute Gasteiger partial charge is 0.269 e. The zero-order chi connectivity index (χ0) is 22.1. The van der Waals surface area contributed by atoms with Gasteiger partial charge in [-0.05, 0) is 64.5 Å². The van der Waals surface area contributed by atoms with Crippen LogP contribution >= 0.6 is 0 Å². The SMILES string of the molecule is C=CCN(C)CCCCCCOc1ccc(N(C)S(=O)(=O)c2c(C)noc2C)cc1. The van der Waals surface area contributed by atoms with Gasteiger partial charge in [-0.1, -0.05) is 24.1 Å². The molecular weight excluding hydrogens is 402 g/mol. The highest BCUT2D eigenvalue weighted by molar-refractivity contribution is 7.92. The molecule has 8 heteroatoms. The van der Waals surface area contributed by atoms with Crippen molar-refractivity contribution in [1.29, 1.82) is 0 Å². The molecule has 30 heavy (non-hydrogen) atoms. The predicted octanol–water partition coefficient (Wildman–Crippen LogP) is 4.17. The van der Waals surface area contributed by atoms with Crippen LogP contribution in [-0.2, 0) is 10.0 Å². The summed E-state index contributed by atoms with van der Waals surface area (Å²) in [5, 5.41) is 3.74. The molecule has 1 heterocycles. The second-order valence-electron chi connectivity index (χ2n) is 7.43. The van der Waals surface area contributed by atoms with Crippen LogP contribution in [0.4, 0.5) is 5.69 Å². The highest BCUT2D eigenvalue weighted by atomic mass is 32.2. The fraction of sp³-hybridized carbons (Fsp3) is 0.500. The summed E-state index contributed by atoms with van der Waals surface area (Å²) < 4.78 is 37.8. The van der Waals surface area contributed by atoms with Crippen LogP contribution in [0.3, 0.4) is 0 Å². The van der Waals surface area contributed by atoms with Crippen molar-refractivity contribution < 1.29 is 17.7 Å². The molecule has 0 aliphatic carbocycles. The van der Waals surface area contributed by atoms with Crippen molar-refractivity contribution in [2.24, 2.45) is 0 Å². The summed E-state index contributed by atoms with van der Waals surface area (Å²) in [4.78, 5) is 2.37. The minimum absolute atomic E-state index is 0.112. The van der Waals surface area contributed by atoms with Crippen molar-refractivity contribution in [1.82, 2.24) is 10.1 Å². The minimum atomic E-state index is -3.74. The molecule has 0 radical (unpaired) electrons. The summed E-state index contributed by atoms with van der Waals surface area (Å²) in [5.74, 6) is 1.01. The Kier molecular flexibility index (Phi) is 8.92. The molecule has 166 valence electrons. The molecule has 0 saturated carbocycles. The quantitative estimate of drug-likeness (QED) is 0.347. The Hall–Kier alpha value is -2.32. The van der Waals surface area contributed by atoms with E-state index < -0.39 is 10.0 Å². The topological polar surface area (TPSA) is 75.9 Å². The van der Waals surface area contributed by atoms with Crippen LogP contribution < -0.4 is 9.04 Å². The van der Waals surface area contributed by atoms with Gasteiger partial charge in [-0.2, -0.15) is 0 Å². The van der Waals surface area contributed by atoms with Crippen LogP contribution in [0.25, 0.3) is 0 Å². The molecule has 0 amide bonds. The number of hydrogen-bond acceptors (Lipinski definition) is 6. The van der Waals surface area contributed by atoms with Gasteiger partial charge in [0.2, 0.25) is 0 Å². The van der Waals surface area contributed by atoms with Crippen LogP contribution in [-0.4, -0.2) is 52.3 Å². The standard InChI is InChI=1S/C22H33N3O4S/c1-6-15-24(4)16-9-7-8-10-17-28-21-13-11-20(12-14-21)25(5)30(26,27)22-18(2)23-29-19(22)3/h6,11-14H,1,7-10,15-17H2,2-5H3. The van der Waals surface area contributed by atoms with Crippen LogP contribution in [0.5, 0.6) is 5.75 Å². The first kappa shape index (κ1) is 24.0. The van der Waals surface area contributed by atoms with E-state index in [1.165, 1.54) is 24.2 Å². The maximum absolute atomic E-state index is 12.9. The number of nitrogens with zero attached hydrogens (tertiary/aromatic N) is 3. The van der Waals surface area contributed by atoms with E-state index in [9.17, 15) is 8.42 Å². The summed E-state index contributed by atoms with van der Waals surface area (Å²) in [6.07, 6.45) is 6.38. The number of hydrogen-bond donors (Lipinski definition) is 0. The Morgan fingerprint density at radius 3 is 2.37 bits per heavy atom. The molecule has 0 spiro atoms. The molecule has 0 unspecified atom stereocenters. The third-order valence-corrected chi connectivity index (χ3v) is 6.96. The Labute approximate surface area is 180 Å². The van der Waals surface area contributed by atoms with Gasteiger partial charge in [0.05, 0.1) is 12.3 Å². The number of unbranched alkanes of at least 4 members (excludes halogenated alkanes) is 3. The molecule has 1 aromatic heterocycles. The molecular formula is C22H33N3O4S. The van der Waals surface area contributed by atoms with Gasteiger partial charge in [0.15, 0.2) is 10.7 Å². The Morgan fingerprint density at radius 1 is 1.10 bits per heavy atom. The van der Waals surface area contributed by atoms with E-state index in [0.717, 1.165) is 31.7 Å². The molecule has 0 N–H and O–H groups in total.